The molecule has 3 heterocycles. The maximum absolute atomic E-state index is 5.03. The van der Waals surface area contributed by atoms with Crippen molar-refractivity contribution < 1.29 is 4.52 Å². The summed E-state index contributed by atoms with van der Waals surface area (Å²) in [5.41, 5.74) is 0. The van der Waals surface area contributed by atoms with Crippen molar-refractivity contribution in [1.29, 1.82) is 0 Å². The molecule has 2 aliphatic heterocycles. The van der Waals surface area contributed by atoms with Crippen molar-refractivity contribution in [1.82, 2.24) is 19.9 Å². The topological polar surface area (TPSA) is 45.4 Å². The normalized spacial score (nSPS) is 32.3. The molecule has 82 valence electrons. The van der Waals surface area contributed by atoms with Crippen molar-refractivity contribution in [2.75, 3.05) is 33.2 Å². The summed E-state index contributed by atoms with van der Waals surface area (Å²) < 4.78 is 5.03. The van der Waals surface area contributed by atoms with Crippen molar-refractivity contribution >= 4 is 0 Å². The fourth-order valence-corrected chi connectivity index (χ4v) is 2.91. The lowest BCUT2D eigenvalue weighted by molar-refractivity contribution is 0.237. The highest BCUT2D eigenvalue weighted by atomic mass is 16.5. The Morgan fingerprint density at radius 2 is 2.07 bits per heavy atom. The van der Waals surface area contributed by atoms with Crippen LogP contribution in [0.5, 0.6) is 0 Å². The van der Waals surface area contributed by atoms with E-state index in [1.807, 2.05) is 0 Å². The zero-order chi connectivity index (χ0) is 10.3. The molecule has 0 N–H and O–H groups in total. The predicted octanol–water partition coefficient (Wildman–Crippen LogP) is 0.0630. The Morgan fingerprint density at radius 1 is 1.33 bits per heavy atom. The van der Waals surface area contributed by atoms with Crippen LogP contribution in [-0.2, 0) is 6.54 Å². The largest absolute Gasteiger partial charge is 0.338 e. The van der Waals surface area contributed by atoms with Gasteiger partial charge in [-0.05, 0) is 18.9 Å². The number of likely N-dealkylation sites (tertiary alicyclic amines) is 2. The minimum Gasteiger partial charge on any atom is -0.338 e. The minimum atomic E-state index is 0.739. The lowest BCUT2D eigenvalue weighted by Crippen LogP contribution is -2.26. The van der Waals surface area contributed by atoms with E-state index in [2.05, 4.69) is 27.0 Å². The van der Waals surface area contributed by atoms with Crippen molar-refractivity contribution in [3.8, 4) is 0 Å². The Hall–Kier alpha value is -0.940. The minimum absolute atomic E-state index is 0.739. The molecule has 15 heavy (non-hydrogen) atoms. The van der Waals surface area contributed by atoms with Gasteiger partial charge in [0.1, 0.15) is 0 Å². The number of hydrogen-bond acceptors (Lipinski definition) is 5. The van der Waals surface area contributed by atoms with Gasteiger partial charge in [-0.3, -0.25) is 4.90 Å². The molecule has 0 amide bonds. The molecule has 5 heteroatoms. The van der Waals surface area contributed by atoms with Crippen LogP contribution in [0.4, 0.5) is 0 Å². The average Bonchev–Trinajstić information content (AvgIpc) is 2.81. The molecule has 2 aliphatic rings. The summed E-state index contributed by atoms with van der Waals surface area (Å²) >= 11 is 0. The lowest BCUT2D eigenvalue weighted by Gasteiger charge is -2.16. The van der Waals surface area contributed by atoms with Crippen molar-refractivity contribution in [3.05, 3.63) is 12.2 Å². The first-order valence-electron chi connectivity index (χ1n) is 5.47. The third-order valence-corrected chi connectivity index (χ3v) is 3.51. The average molecular weight is 208 g/mol. The molecule has 3 rings (SSSR count). The number of aromatic nitrogens is 2. The first kappa shape index (κ1) is 9.30. The Kier molecular flexibility index (Phi) is 2.21. The van der Waals surface area contributed by atoms with Gasteiger partial charge in [0.15, 0.2) is 6.33 Å². The molecule has 1 aromatic rings. The molecular weight excluding hydrogens is 192 g/mol. The highest BCUT2D eigenvalue weighted by molar-refractivity contribution is 4.93. The SMILES string of the molecule is CN1CC2CN(Cc3ncno3)CC2C1. The van der Waals surface area contributed by atoms with Gasteiger partial charge < -0.3 is 9.42 Å². The molecule has 1 aromatic heterocycles. The third kappa shape index (κ3) is 1.77. The standard InChI is InChI=1S/C10H16N4O/c1-13-2-8-4-14(5-9(8)3-13)6-10-11-7-12-15-10/h7-9H,2-6H2,1H3. The summed E-state index contributed by atoms with van der Waals surface area (Å²) in [6.45, 7) is 5.65. The van der Waals surface area contributed by atoms with Crippen LogP contribution in [0.15, 0.2) is 10.9 Å². The van der Waals surface area contributed by atoms with Crippen LogP contribution < -0.4 is 0 Å². The molecule has 0 radical (unpaired) electrons. The van der Waals surface area contributed by atoms with Gasteiger partial charge in [0.25, 0.3) is 0 Å². The van der Waals surface area contributed by atoms with E-state index in [9.17, 15) is 0 Å². The maximum atomic E-state index is 5.03. The van der Waals surface area contributed by atoms with Gasteiger partial charge in [0.05, 0.1) is 6.54 Å². The molecule has 0 spiro atoms. The number of hydrogen-bond donors (Lipinski definition) is 0. The summed E-state index contributed by atoms with van der Waals surface area (Å²) in [6.07, 6.45) is 1.47. The lowest BCUT2D eigenvalue weighted by atomic mass is 10.0. The Bertz CT molecular complexity index is 312. The van der Waals surface area contributed by atoms with Crippen LogP contribution in [-0.4, -0.2) is 53.2 Å². The molecule has 0 bridgehead atoms. The van der Waals surface area contributed by atoms with Gasteiger partial charge >= 0.3 is 0 Å². The van der Waals surface area contributed by atoms with E-state index < -0.39 is 0 Å². The zero-order valence-electron chi connectivity index (χ0n) is 8.96. The highest BCUT2D eigenvalue weighted by Crippen LogP contribution is 2.30. The second kappa shape index (κ2) is 3.57. The Balaban J connectivity index is 1.59. The predicted molar refractivity (Wildman–Crippen MR) is 54.1 cm³/mol. The molecule has 0 aliphatic carbocycles. The van der Waals surface area contributed by atoms with Gasteiger partial charge in [-0.25, -0.2) is 0 Å². The molecule has 5 nitrogen and oxygen atoms in total. The summed E-state index contributed by atoms with van der Waals surface area (Å²) in [7, 11) is 2.21. The molecular formula is C10H16N4O. The van der Waals surface area contributed by atoms with Crippen molar-refractivity contribution in [2.24, 2.45) is 11.8 Å². The van der Waals surface area contributed by atoms with Gasteiger partial charge in [-0.15, -0.1) is 0 Å². The van der Waals surface area contributed by atoms with Gasteiger partial charge in [-0.1, -0.05) is 5.16 Å². The van der Waals surface area contributed by atoms with Crippen molar-refractivity contribution in [3.63, 3.8) is 0 Å². The number of fused-ring (bicyclic) bond motifs is 1. The monoisotopic (exact) mass is 208 g/mol. The quantitative estimate of drug-likeness (QED) is 0.688. The molecule has 0 saturated carbocycles. The van der Waals surface area contributed by atoms with Crippen LogP contribution in [0.2, 0.25) is 0 Å². The summed E-state index contributed by atoms with van der Waals surface area (Å²) in [4.78, 5) is 8.92. The van der Waals surface area contributed by atoms with Gasteiger partial charge in [-0.2, -0.15) is 4.98 Å². The summed E-state index contributed by atoms with van der Waals surface area (Å²) in [5.74, 6) is 2.43. The van der Waals surface area contributed by atoms with E-state index in [0.29, 0.717) is 0 Å². The van der Waals surface area contributed by atoms with E-state index in [4.69, 9.17) is 4.52 Å². The van der Waals surface area contributed by atoms with E-state index in [1.165, 1.54) is 32.5 Å². The maximum Gasteiger partial charge on any atom is 0.240 e. The van der Waals surface area contributed by atoms with Gasteiger partial charge in [0.2, 0.25) is 5.89 Å². The first-order valence-corrected chi connectivity index (χ1v) is 5.47. The molecule has 2 fully saturated rings. The fraction of sp³-hybridized carbons (Fsp3) is 0.800. The fourth-order valence-electron chi connectivity index (χ4n) is 2.91. The number of nitrogens with zero attached hydrogens (tertiary/aromatic N) is 4. The molecule has 2 saturated heterocycles. The molecule has 2 atom stereocenters. The second-order valence-electron chi connectivity index (χ2n) is 4.77. The summed E-state index contributed by atoms with van der Waals surface area (Å²) in [6, 6.07) is 0. The van der Waals surface area contributed by atoms with Crippen LogP contribution >= 0.6 is 0 Å². The van der Waals surface area contributed by atoms with Crippen molar-refractivity contribution in [2.45, 2.75) is 6.54 Å². The Labute approximate surface area is 89.0 Å². The van der Waals surface area contributed by atoms with Crippen LogP contribution in [0.25, 0.3) is 0 Å². The Morgan fingerprint density at radius 3 is 2.67 bits per heavy atom. The van der Waals surface area contributed by atoms with E-state index in [0.717, 1.165) is 24.3 Å². The first-order chi connectivity index (χ1) is 7.31. The van der Waals surface area contributed by atoms with Crippen LogP contribution in [0.3, 0.4) is 0 Å². The highest BCUT2D eigenvalue weighted by Gasteiger charge is 2.38. The smallest absolute Gasteiger partial charge is 0.240 e. The van der Waals surface area contributed by atoms with Gasteiger partial charge in [0, 0.05) is 26.2 Å². The van der Waals surface area contributed by atoms with E-state index >= 15 is 0 Å². The zero-order valence-corrected chi connectivity index (χ0v) is 8.96. The van der Waals surface area contributed by atoms with Crippen LogP contribution in [0, 0.1) is 11.8 Å². The van der Waals surface area contributed by atoms with Crippen LogP contribution in [0.1, 0.15) is 5.89 Å². The number of rotatable bonds is 2. The third-order valence-electron chi connectivity index (χ3n) is 3.51. The van der Waals surface area contributed by atoms with E-state index in [1.54, 1.807) is 0 Å². The second-order valence-corrected chi connectivity index (χ2v) is 4.77. The molecule has 2 unspecified atom stereocenters. The summed E-state index contributed by atoms with van der Waals surface area (Å²) in [5, 5.41) is 3.63. The van der Waals surface area contributed by atoms with E-state index in [-0.39, 0.29) is 0 Å². The molecule has 0 aromatic carbocycles.